The standard InChI is InChI=1S/C13H17N3O2/c17-12-6-2-1-5-11(12)9-14-15-13(18)10-16-7-3-4-8-16/h1-2,5-6,9,17H,3-4,7-8,10H2,(H,15,18)/b14-9-. The quantitative estimate of drug-likeness (QED) is 0.614. The van der Waals surface area contributed by atoms with Gasteiger partial charge in [-0.3, -0.25) is 9.69 Å². The number of nitrogens with one attached hydrogen (secondary N) is 1. The Morgan fingerprint density at radius 2 is 2.11 bits per heavy atom. The van der Waals surface area contributed by atoms with Crippen LogP contribution in [0.3, 0.4) is 0 Å². The fourth-order valence-electron chi connectivity index (χ4n) is 1.95. The molecule has 1 aliphatic heterocycles. The molecule has 0 bridgehead atoms. The smallest absolute Gasteiger partial charge is 0.254 e. The number of amides is 1. The van der Waals surface area contributed by atoms with Crippen molar-refractivity contribution in [1.29, 1.82) is 0 Å². The summed E-state index contributed by atoms with van der Waals surface area (Å²) >= 11 is 0. The number of nitrogens with zero attached hydrogens (tertiary/aromatic N) is 2. The zero-order chi connectivity index (χ0) is 12.8. The minimum Gasteiger partial charge on any atom is -0.507 e. The Bertz CT molecular complexity index is 440. The summed E-state index contributed by atoms with van der Waals surface area (Å²) in [6, 6.07) is 6.84. The third-order valence-electron chi connectivity index (χ3n) is 2.90. The Labute approximate surface area is 106 Å². The molecule has 1 saturated heterocycles. The lowest BCUT2D eigenvalue weighted by atomic mass is 10.2. The van der Waals surface area contributed by atoms with E-state index in [0.717, 1.165) is 25.9 Å². The summed E-state index contributed by atoms with van der Waals surface area (Å²) in [4.78, 5) is 13.6. The predicted molar refractivity (Wildman–Crippen MR) is 69.5 cm³/mol. The second kappa shape index (κ2) is 6.16. The molecule has 2 rings (SSSR count). The fraction of sp³-hybridized carbons (Fsp3) is 0.385. The van der Waals surface area contributed by atoms with Gasteiger partial charge in [-0.05, 0) is 38.1 Å². The Morgan fingerprint density at radius 3 is 2.83 bits per heavy atom. The molecule has 1 aromatic carbocycles. The molecular weight excluding hydrogens is 230 g/mol. The van der Waals surface area contributed by atoms with Gasteiger partial charge in [0.2, 0.25) is 0 Å². The second-order valence-corrected chi connectivity index (χ2v) is 4.34. The minimum atomic E-state index is -0.122. The van der Waals surface area contributed by atoms with Gasteiger partial charge in [-0.25, -0.2) is 5.43 Å². The molecule has 5 nitrogen and oxygen atoms in total. The Morgan fingerprint density at radius 1 is 1.39 bits per heavy atom. The van der Waals surface area contributed by atoms with Gasteiger partial charge in [0.1, 0.15) is 5.75 Å². The zero-order valence-corrected chi connectivity index (χ0v) is 10.2. The van der Waals surface area contributed by atoms with Gasteiger partial charge in [-0.2, -0.15) is 5.10 Å². The van der Waals surface area contributed by atoms with E-state index in [9.17, 15) is 9.90 Å². The number of hydrogen-bond acceptors (Lipinski definition) is 4. The lowest BCUT2D eigenvalue weighted by Crippen LogP contribution is -2.33. The van der Waals surface area contributed by atoms with E-state index >= 15 is 0 Å². The number of hydrogen-bond donors (Lipinski definition) is 2. The van der Waals surface area contributed by atoms with Gasteiger partial charge < -0.3 is 5.11 Å². The van der Waals surface area contributed by atoms with Crippen LogP contribution in [0, 0.1) is 0 Å². The summed E-state index contributed by atoms with van der Waals surface area (Å²) in [5.41, 5.74) is 3.05. The molecule has 1 aliphatic rings. The van der Waals surface area contributed by atoms with E-state index in [1.54, 1.807) is 24.3 Å². The topological polar surface area (TPSA) is 64.9 Å². The van der Waals surface area contributed by atoms with Crippen molar-refractivity contribution in [2.75, 3.05) is 19.6 Å². The molecule has 0 unspecified atom stereocenters. The molecule has 18 heavy (non-hydrogen) atoms. The number of rotatable bonds is 4. The first kappa shape index (κ1) is 12.6. The molecule has 0 radical (unpaired) electrons. The van der Waals surface area contributed by atoms with E-state index in [-0.39, 0.29) is 11.7 Å². The molecule has 0 spiro atoms. The highest BCUT2D eigenvalue weighted by molar-refractivity contribution is 5.85. The van der Waals surface area contributed by atoms with Gasteiger partial charge >= 0.3 is 0 Å². The first-order chi connectivity index (χ1) is 8.75. The Kier molecular flexibility index (Phi) is 4.30. The van der Waals surface area contributed by atoms with Crippen molar-refractivity contribution in [3.05, 3.63) is 29.8 Å². The molecule has 0 aliphatic carbocycles. The number of aromatic hydroxyl groups is 1. The maximum absolute atomic E-state index is 11.5. The highest BCUT2D eigenvalue weighted by Gasteiger charge is 2.14. The van der Waals surface area contributed by atoms with Crippen molar-refractivity contribution in [2.24, 2.45) is 5.10 Å². The molecule has 1 aromatic rings. The van der Waals surface area contributed by atoms with Crippen molar-refractivity contribution in [1.82, 2.24) is 10.3 Å². The van der Waals surface area contributed by atoms with E-state index in [1.165, 1.54) is 6.21 Å². The number of carbonyl (C=O) groups is 1. The molecule has 5 heteroatoms. The molecule has 0 saturated carbocycles. The summed E-state index contributed by atoms with van der Waals surface area (Å²) in [7, 11) is 0. The normalized spacial score (nSPS) is 16.2. The van der Waals surface area contributed by atoms with Gasteiger partial charge in [-0.15, -0.1) is 0 Å². The van der Waals surface area contributed by atoms with Crippen LogP contribution < -0.4 is 5.43 Å². The number of benzene rings is 1. The molecular formula is C13H17N3O2. The van der Waals surface area contributed by atoms with Crippen LogP contribution in [0.4, 0.5) is 0 Å². The summed E-state index contributed by atoms with van der Waals surface area (Å²) in [6.07, 6.45) is 3.76. The first-order valence-corrected chi connectivity index (χ1v) is 6.08. The van der Waals surface area contributed by atoms with Gasteiger partial charge in [0, 0.05) is 5.56 Å². The Balaban J connectivity index is 1.80. The van der Waals surface area contributed by atoms with E-state index in [2.05, 4.69) is 15.4 Å². The summed E-state index contributed by atoms with van der Waals surface area (Å²) in [6.45, 7) is 2.35. The van der Waals surface area contributed by atoms with Crippen molar-refractivity contribution in [3.8, 4) is 5.75 Å². The van der Waals surface area contributed by atoms with E-state index < -0.39 is 0 Å². The van der Waals surface area contributed by atoms with Crippen molar-refractivity contribution in [3.63, 3.8) is 0 Å². The van der Waals surface area contributed by atoms with Gasteiger partial charge in [0.25, 0.3) is 5.91 Å². The van der Waals surface area contributed by atoms with Crippen LogP contribution in [0.25, 0.3) is 0 Å². The molecule has 2 N–H and O–H groups in total. The summed E-state index contributed by atoms with van der Waals surface area (Å²) in [5.74, 6) is 0.0265. The number of para-hydroxylation sites is 1. The molecule has 0 atom stereocenters. The van der Waals surface area contributed by atoms with Crippen LogP contribution in [0.15, 0.2) is 29.4 Å². The summed E-state index contributed by atoms with van der Waals surface area (Å²) < 4.78 is 0. The highest BCUT2D eigenvalue weighted by Crippen LogP contribution is 2.12. The monoisotopic (exact) mass is 247 g/mol. The molecule has 1 fully saturated rings. The van der Waals surface area contributed by atoms with Crippen LogP contribution in [0.5, 0.6) is 5.75 Å². The SMILES string of the molecule is O=C(CN1CCCC1)N/N=C\c1ccccc1O. The van der Waals surface area contributed by atoms with E-state index in [4.69, 9.17) is 0 Å². The van der Waals surface area contributed by atoms with E-state index in [1.807, 2.05) is 0 Å². The zero-order valence-electron chi connectivity index (χ0n) is 10.2. The number of likely N-dealkylation sites (tertiary alicyclic amines) is 1. The molecule has 1 heterocycles. The Hall–Kier alpha value is -1.88. The predicted octanol–water partition coefficient (Wildman–Crippen LogP) is 0.938. The van der Waals surface area contributed by atoms with Crippen LogP contribution in [0.1, 0.15) is 18.4 Å². The van der Waals surface area contributed by atoms with E-state index in [0.29, 0.717) is 12.1 Å². The first-order valence-electron chi connectivity index (χ1n) is 6.08. The van der Waals surface area contributed by atoms with Gasteiger partial charge in [0.05, 0.1) is 12.8 Å². The average Bonchev–Trinajstić information content (AvgIpc) is 2.84. The lowest BCUT2D eigenvalue weighted by Gasteiger charge is -2.12. The molecule has 0 aromatic heterocycles. The van der Waals surface area contributed by atoms with Crippen molar-refractivity contribution < 1.29 is 9.90 Å². The van der Waals surface area contributed by atoms with Crippen LogP contribution >= 0.6 is 0 Å². The van der Waals surface area contributed by atoms with Crippen molar-refractivity contribution in [2.45, 2.75) is 12.8 Å². The largest absolute Gasteiger partial charge is 0.507 e. The lowest BCUT2D eigenvalue weighted by molar-refractivity contribution is -0.121. The number of phenols is 1. The van der Waals surface area contributed by atoms with Crippen LogP contribution in [0.2, 0.25) is 0 Å². The maximum Gasteiger partial charge on any atom is 0.254 e. The van der Waals surface area contributed by atoms with Gasteiger partial charge in [0.15, 0.2) is 0 Å². The maximum atomic E-state index is 11.5. The molecule has 96 valence electrons. The number of phenolic OH excluding ortho intramolecular Hbond substituents is 1. The van der Waals surface area contributed by atoms with Crippen LogP contribution in [-0.2, 0) is 4.79 Å². The minimum absolute atomic E-state index is 0.122. The average molecular weight is 247 g/mol. The van der Waals surface area contributed by atoms with Gasteiger partial charge in [-0.1, -0.05) is 12.1 Å². The highest BCUT2D eigenvalue weighted by atomic mass is 16.3. The van der Waals surface area contributed by atoms with Crippen LogP contribution in [-0.4, -0.2) is 41.8 Å². The fourth-order valence-corrected chi connectivity index (χ4v) is 1.95. The second-order valence-electron chi connectivity index (χ2n) is 4.34. The van der Waals surface area contributed by atoms with Crippen molar-refractivity contribution >= 4 is 12.1 Å². The third kappa shape index (κ3) is 3.56. The number of carbonyl (C=O) groups excluding carboxylic acids is 1. The number of hydrazone groups is 1. The molecule has 1 amide bonds. The summed E-state index contributed by atoms with van der Waals surface area (Å²) in [5, 5.41) is 13.3. The third-order valence-corrected chi connectivity index (χ3v) is 2.90.